The molecular formula is C14H23N3OS. The normalized spacial score (nSPS) is 17.8. The van der Waals surface area contributed by atoms with Crippen molar-refractivity contribution in [2.45, 2.75) is 33.1 Å². The number of thiazole rings is 1. The Labute approximate surface area is 119 Å². The molecular weight excluding hydrogens is 258 g/mol. The Morgan fingerprint density at radius 2 is 1.89 bits per heavy atom. The lowest BCUT2D eigenvalue weighted by atomic mass is 9.91. The Bertz CT molecular complexity index is 442. The van der Waals surface area contributed by atoms with Crippen LogP contribution in [0.15, 0.2) is 0 Å². The molecule has 0 aromatic carbocycles. The highest BCUT2D eigenvalue weighted by Gasteiger charge is 2.26. The molecule has 0 amide bonds. The van der Waals surface area contributed by atoms with E-state index in [0.717, 1.165) is 54.7 Å². The zero-order valence-electron chi connectivity index (χ0n) is 12.3. The fourth-order valence-corrected chi connectivity index (χ4v) is 3.47. The van der Waals surface area contributed by atoms with Gasteiger partial charge >= 0.3 is 0 Å². The van der Waals surface area contributed by atoms with Crippen LogP contribution in [0.2, 0.25) is 0 Å². The number of piperazine rings is 1. The lowest BCUT2D eigenvalue weighted by molar-refractivity contribution is 0.112. The molecule has 1 fully saturated rings. The molecule has 5 heteroatoms. The van der Waals surface area contributed by atoms with Crippen LogP contribution in [0.1, 0.15) is 43.1 Å². The topological polar surface area (TPSA) is 36.4 Å². The van der Waals surface area contributed by atoms with Crippen molar-refractivity contribution in [3.63, 3.8) is 0 Å². The molecule has 1 aromatic rings. The molecule has 2 rings (SSSR count). The summed E-state index contributed by atoms with van der Waals surface area (Å²) in [5, 5.41) is 1.00. The molecule has 0 unspecified atom stereocenters. The third-order valence-corrected chi connectivity index (χ3v) is 4.59. The first-order valence-corrected chi connectivity index (χ1v) is 7.71. The average molecular weight is 281 g/mol. The number of nitrogens with zero attached hydrogens (tertiary/aromatic N) is 3. The predicted octanol–water partition coefficient (Wildman–Crippen LogP) is 2.40. The third kappa shape index (κ3) is 3.15. The number of anilines is 1. The lowest BCUT2D eigenvalue weighted by Crippen LogP contribution is -2.46. The van der Waals surface area contributed by atoms with Crippen molar-refractivity contribution in [3.8, 4) is 0 Å². The summed E-state index contributed by atoms with van der Waals surface area (Å²) in [4.78, 5) is 21.5. The Balaban J connectivity index is 2.18. The first-order chi connectivity index (χ1) is 8.95. The number of rotatable bonds is 3. The molecule has 2 heterocycles. The maximum absolute atomic E-state index is 11.2. The molecule has 1 saturated heterocycles. The molecule has 106 valence electrons. The van der Waals surface area contributed by atoms with E-state index in [0.29, 0.717) is 0 Å². The summed E-state index contributed by atoms with van der Waals surface area (Å²) < 4.78 is 0. The molecule has 0 bridgehead atoms. The predicted molar refractivity (Wildman–Crippen MR) is 80.5 cm³/mol. The number of aldehydes is 1. The number of carbonyl (C=O) groups excluding carboxylic acids is 1. The molecule has 1 aromatic heterocycles. The van der Waals surface area contributed by atoms with Crippen LogP contribution in [-0.2, 0) is 5.41 Å². The van der Waals surface area contributed by atoms with Crippen molar-refractivity contribution in [3.05, 3.63) is 10.6 Å². The molecule has 0 atom stereocenters. The van der Waals surface area contributed by atoms with E-state index < -0.39 is 0 Å². The van der Waals surface area contributed by atoms with Crippen LogP contribution < -0.4 is 4.90 Å². The van der Waals surface area contributed by atoms with Crippen molar-refractivity contribution in [1.29, 1.82) is 0 Å². The lowest BCUT2D eigenvalue weighted by Gasteiger charge is -2.33. The quantitative estimate of drug-likeness (QED) is 0.797. The van der Waals surface area contributed by atoms with E-state index in [9.17, 15) is 4.79 Å². The van der Waals surface area contributed by atoms with Gasteiger partial charge in [0.1, 0.15) is 0 Å². The number of hydrogen-bond acceptors (Lipinski definition) is 5. The van der Waals surface area contributed by atoms with E-state index in [-0.39, 0.29) is 5.41 Å². The van der Waals surface area contributed by atoms with Crippen molar-refractivity contribution < 1.29 is 4.79 Å². The first-order valence-electron chi connectivity index (χ1n) is 6.89. The van der Waals surface area contributed by atoms with Crippen molar-refractivity contribution in [2.75, 3.05) is 37.6 Å². The average Bonchev–Trinajstić information content (AvgIpc) is 2.83. The van der Waals surface area contributed by atoms with Gasteiger partial charge in [-0.1, -0.05) is 39.0 Å². The molecule has 0 spiro atoms. The summed E-state index contributed by atoms with van der Waals surface area (Å²) >= 11 is 1.53. The largest absolute Gasteiger partial charge is 0.346 e. The SMILES string of the molecule is CCN1CCN(c2nc(C(C)(C)C)c(C=O)s2)CC1. The van der Waals surface area contributed by atoms with Gasteiger partial charge in [0.2, 0.25) is 0 Å². The summed E-state index contributed by atoms with van der Waals surface area (Å²) in [7, 11) is 0. The summed E-state index contributed by atoms with van der Waals surface area (Å²) in [6, 6.07) is 0. The zero-order chi connectivity index (χ0) is 14.0. The Kier molecular flexibility index (Phi) is 4.26. The molecule has 4 nitrogen and oxygen atoms in total. The minimum atomic E-state index is -0.0732. The van der Waals surface area contributed by atoms with Gasteiger partial charge in [-0.15, -0.1) is 0 Å². The maximum atomic E-state index is 11.2. The fourth-order valence-electron chi connectivity index (χ4n) is 2.33. The second-order valence-corrected chi connectivity index (χ2v) is 7.01. The van der Waals surface area contributed by atoms with Crippen LogP contribution in [0.25, 0.3) is 0 Å². The van der Waals surface area contributed by atoms with Crippen LogP contribution >= 0.6 is 11.3 Å². The summed E-state index contributed by atoms with van der Waals surface area (Å²) in [6.45, 7) is 13.8. The van der Waals surface area contributed by atoms with E-state index >= 15 is 0 Å². The van der Waals surface area contributed by atoms with Crippen molar-refractivity contribution in [2.24, 2.45) is 0 Å². The van der Waals surface area contributed by atoms with Gasteiger partial charge in [-0.05, 0) is 6.54 Å². The zero-order valence-corrected chi connectivity index (χ0v) is 13.1. The highest BCUT2D eigenvalue weighted by molar-refractivity contribution is 7.17. The smallest absolute Gasteiger partial charge is 0.186 e. The van der Waals surface area contributed by atoms with E-state index in [1.54, 1.807) is 0 Å². The van der Waals surface area contributed by atoms with Crippen LogP contribution in [0, 0.1) is 0 Å². The van der Waals surface area contributed by atoms with E-state index in [2.05, 4.69) is 37.5 Å². The first kappa shape index (κ1) is 14.5. The van der Waals surface area contributed by atoms with E-state index in [1.165, 1.54) is 11.3 Å². The summed E-state index contributed by atoms with van der Waals surface area (Å²) in [5.41, 5.74) is 0.858. The van der Waals surface area contributed by atoms with Crippen molar-refractivity contribution >= 4 is 22.8 Å². The standard InChI is InChI=1S/C14H23N3OS/c1-5-16-6-8-17(9-7-16)13-15-12(14(2,3)4)11(10-18)19-13/h10H,5-9H2,1-4H3. The van der Waals surface area contributed by atoms with Crippen LogP contribution in [0.5, 0.6) is 0 Å². The number of aromatic nitrogens is 1. The third-order valence-electron chi connectivity index (χ3n) is 3.55. The monoisotopic (exact) mass is 281 g/mol. The second-order valence-electron chi connectivity index (χ2n) is 6.00. The Morgan fingerprint density at radius 1 is 1.26 bits per heavy atom. The molecule has 0 N–H and O–H groups in total. The van der Waals surface area contributed by atoms with Crippen LogP contribution in [-0.4, -0.2) is 48.9 Å². The number of hydrogen-bond donors (Lipinski definition) is 0. The van der Waals surface area contributed by atoms with Crippen LogP contribution in [0.4, 0.5) is 5.13 Å². The van der Waals surface area contributed by atoms with Gasteiger partial charge < -0.3 is 9.80 Å². The summed E-state index contributed by atoms with van der Waals surface area (Å²) in [5.74, 6) is 0. The molecule has 19 heavy (non-hydrogen) atoms. The van der Waals surface area contributed by atoms with E-state index in [1.807, 2.05) is 0 Å². The minimum Gasteiger partial charge on any atom is -0.346 e. The van der Waals surface area contributed by atoms with Gasteiger partial charge in [0.15, 0.2) is 11.4 Å². The highest BCUT2D eigenvalue weighted by Crippen LogP contribution is 2.33. The van der Waals surface area contributed by atoms with Gasteiger partial charge in [-0.3, -0.25) is 4.79 Å². The second kappa shape index (κ2) is 5.59. The Hall–Kier alpha value is -0.940. The van der Waals surface area contributed by atoms with Gasteiger partial charge in [0.05, 0.1) is 10.6 Å². The highest BCUT2D eigenvalue weighted by atomic mass is 32.1. The minimum absolute atomic E-state index is 0.0732. The maximum Gasteiger partial charge on any atom is 0.186 e. The Morgan fingerprint density at radius 3 is 2.32 bits per heavy atom. The molecule has 1 aliphatic heterocycles. The summed E-state index contributed by atoms with van der Waals surface area (Å²) in [6.07, 6.45) is 0.948. The molecule has 0 radical (unpaired) electrons. The van der Waals surface area contributed by atoms with Gasteiger partial charge in [-0.2, -0.15) is 0 Å². The van der Waals surface area contributed by atoms with Gasteiger partial charge in [0.25, 0.3) is 0 Å². The number of likely N-dealkylation sites (N-methyl/N-ethyl adjacent to an activating group) is 1. The fraction of sp³-hybridized carbons (Fsp3) is 0.714. The van der Waals surface area contributed by atoms with Crippen molar-refractivity contribution in [1.82, 2.24) is 9.88 Å². The molecule has 1 aliphatic rings. The number of carbonyl (C=O) groups is 1. The molecule has 0 aliphatic carbocycles. The van der Waals surface area contributed by atoms with Crippen LogP contribution in [0.3, 0.4) is 0 Å². The molecule has 0 saturated carbocycles. The van der Waals surface area contributed by atoms with Gasteiger partial charge in [-0.25, -0.2) is 4.98 Å². The van der Waals surface area contributed by atoms with Gasteiger partial charge in [0, 0.05) is 31.6 Å². The van der Waals surface area contributed by atoms with E-state index in [4.69, 9.17) is 4.98 Å².